The molecule has 7 nitrogen and oxygen atoms in total. The van der Waals surface area contributed by atoms with E-state index >= 15 is 0 Å². The first-order chi connectivity index (χ1) is 13.4. The number of hydrogen-bond donors (Lipinski definition) is 4. The minimum atomic E-state index is -0.441. The zero-order valence-corrected chi connectivity index (χ0v) is 17.4. The highest BCUT2D eigenvalue weighted by atomic mass is 79.9. The summed E-state index contributed by atoms with van der Waals surface area (Å²) in [6, 6.07) is 13.3. The van der Waals surface area contributed by atoms with Gasteiger partial charge in [0.2, 0.25) is 5.91 Å². The van der Waals surface area contributed by atoms with Crippen LogP contribution in [0, 0.1) is 0 Å². The molecule has 0 radical (unpaired) electrons. The van der Waals surface area contributed by atoms with Crippen molar-refractivity contribution in [3.05, 3.63) is 64.1 Å². The maximum Gasteiger partial charge on any atom is 0.269 e. The molecule has 28 heavy (non-hydrogen) atoms. The molecule has 0 unspecified atom stereocenters. The summed E-state index contributed by atoms with van der Waals surface area (Å²) in [5.41, 5.74) is 6.27. The number of hydrazine groups is 1. The average molecular weight is 463 g/mol. The molecule has 0 saturated heterocycles. The van der Waals surface area contributed by atoms with E-state index in [0.717, 1.165) is 6.42 Å². The number of benzene rings is 2. The molecule has 0 aliphatic heterocycles. The summed E-state index contributed by atoms with van der Waals surface area (Å²) in [5, 5.41) is 5.17. The molecule has 9 heteroatoms. The SMILES string of the molecule is CCCC(=O)Nc1ccc(C(=O)NNC(=S)NC(=O)c2ccccc2Br)cc1. The lowest BCUT2D eigenvalue weighted by Gasteiger charge is -2.12. The lowest BCUT2D eigenvalue weighted by atomic mass is 10.2. The molecule has 0 aromatic heterocycles. The number of carbonyl (C=O) groups is 3. The molecule has 0 aliphatic carbocycles. The van der Waals surface area contributed by atoms with Crippen molar-refractivity contribution in [2.45, 2.75) is 19.8 Å². The van der Waals surface area contributed by atoms with E-state index < -0.39 is 11.8 Å². The predicted molar refractivity (Wildman–Crippen MR) is 115 cm³/mol. The van der Waals surface area contributed by atoms with Crippen molar-refractivity contribution in [2.75, 3.05) is 5.32 Å². The summed E-state index contributed by atoms with van der Waals surface area (Å²) in [5.74, 6) is -0.928. The number of nitrogens with one attached hydrogen (secondary N) is 4. The van der Waals surface area contributed by atoms with Gasteiger partial charge in [-0.2, -0.15) is 0 Å². The van der Waals surface area contributed by atoms with E-state index in [4.69, 9.17) is 12.2 Å². The predicted octanol–water partition coefficient (Wildman–Crippen LogP) is 3.14. The monoisotopic (exact) mass is 462 g/mol. The fraction of sp³-hybridized carbons (Fsp3) is 0.158. The Morgan fingerprint density at radius 3 is 2.29 bits per heavy atom. The van der Waals surface area contributed by atoms with Gasteiger partial charge in [0.1, 0.15) is 0 Å². The van der Waals surface area contributed by atoms with E-state index in [1.807, 2.05) is 6.92 Å². The van der Waals surface area contributed by atoms with Gasteiger partial charge in [0.25, 0.3) is 11.8 Å². The molecular formula is C19H19BrN4O3S. The summed E-state index contributed by atoms with van der Waals surface area (Å²) < 4.78 is 0.630. The molecule has 0 fully saturated rings. The van der Waals surface area contributed by atoms with Crippen molar-refractivity contribution in [1.29, 1.82) is 0 Å². The summed E-state index contributed by atoms with van der Waals surface area (Å²) in [7, 11) is 0. The third kappa shape index (κ3) is 6.43. The largest absolute Gasteiger partial charge is 0.326 e. The van der Waals surface area contributed by atoms with Crippen molar-refractivity contribution in [1.82, 2.24) is 16.2 Å². The normalized spacial score (nSPS) is 9.93. The minimum absolute atomic E-state index is 0.0439. The fourth-order valence-corrected chi connectivity index (χ4v) is 2.80. The Hall–Kier alpha value is -2.78. The topological polar surface area (TPSA) is 99.3 Å². The lowest BCUT2D eigenvalue weighted by Crippen LogP contribution is -2.48. The molecule has 2 rings (SSSR count). The third-order valence-corrected chi connectivity index (χ3v) is 4.44. The minimum Gasteiger partial charge on any atom is -0.326 e. The van der Waals surface area contributed by atoms with Gasteiger partial charge in [-0.1, -0.05) is 19.1 Å². The Morgan fingerprint density at radius 2 is 1.64 bits per heavy atom. The van der Waals surface area contributed by atoms with Crippen LogP contribution in [0.4, 0.5) is 5.69 Å². The van der Waals surface area contributed by atoms with Crippen molar-refractivity contribution in [3.63, 3.8) is 0 Å². The highest BCUT2D eigenvalue weighted by Gasteiger charge is 2.12. The van der Waals surface area contributed by atoms with E-state index in [1.165, 1.54) is 0 Å². The Labute approximate surface area is 176 Å². The van der Waals surface area contributed by atoms with Crippen LogP contribution < -0.4 is 21.5 Å². The maximum atomic E-state index is 12.2. The van der Waals surface area contributed by atoms with Gasteiger partial charge in [0, 0.05) is 22.1 Å². The Bertz CT molecular complexity index is 887. The van der Waals surface area contributed by atoms with Crippen LogP contribution in [-0.2, 0) is 4.79 Å². The van der Waals surface area contributed by atoms with Gasteiger partial charge in [-0.25, -0.2) is 0 Å². The molecular weight excluding hydrogens is 444 g/mol. The quantitative estimate of drug-likeness (QED) is 0.404. The first-order valence-electron chi connectivity index (χ1n) is 8.46. The molecule has 2 aromatic rings. The molecule has 146 valence electrons. The standard InChI is InChI=1S/C19H19BrN4O3S/c1-2-5-16(25)21-13-10-8-12(9-11-13)17(26)23-24-19(28)22-18(27)14-6-3-4-7-15(14)20/h3-4,6-11H,2,5H2,1H3,(H,21,25)(H,23,26)(H2,22,24,27,28). The number of carbonyl (C=O) groups excluding carboxylic acids is 3. The second kappa shape index (κ2) is 10.5. The van der Waals surface area contributed by atoms with Crippen LogP contribution in [0.25, 0.3) is 0 Å². The molecule has 0 spiro atoms. The van der Waals surface area contributed by atoms with E-state index in [9.17, 15) is 14.4 Å². The van der Waals surface area contributed by atoms with Gasteiger partial charge in [-0.15, -0.1) is 0 Å². The van der Waals surface area contributed by atoms with Crippen LogP contribution in [0.5, 0.6) is 0 Å². The highest BCUT2D eigenvalue weighted by Crippen LogP contribution is 2.15. The first-order valence-corrected chi connectivity index (χ1v) is 9.67. The first kappa shape index (κ1) is 21.5. The maximum absolute atomic E-state index is 12.2. The zero-order chi connectivity index (χ0) is 20.5. The van der Waals surface area contributed by atoms with Crippen LogP contribution in [0.1, 0.15) is 40.5 Å². The molecule has 3 amide bonds. The summed E-state index contributed by atoms with van der Waals surface area (Å²) in [6.07, 6.45) is 1.20. The van der Waals surface area contributed by atoms with E-state index in [0.29, 0.717) is 27.7 Å². The number of anilines is 1. The number of amides is 3. The van der Waals surface area contributed by atoms with Crippen molar-refractivity contribution >= 4 is 56.7 Å². The van der Waals surface area contributed by atoms with Gasteiger partial charge in [-0.05, 0) is 71.0 Å². The van der Waals surface area contributed by atoms with Gasteiger partial charge < -0.3 is 5.32 Å². The number of hydrogen-bond acceptors (Lipinski definition) is 4. The number of halogens is 1. The molecule has 0 saturated carbocycles. The highest BCUT2D eigenvalue weighted by molar-refractivity contribution is 9.10. The summed E-state index contributed by atoms with van der Waals surface area (Å²) >= 11 is 8.30. The van der Waals surface area contributed by atoms with Crippen LogP contribution in [-0.4, -0.2) is 22.8 Å². The fourth-order valence-electron chi connectivity index (χ4n) is 2.19. The van der Waals surface area contributed by atoms with Crippen LogP contribution in [0.3, 0.4) is 0 Å². The number of thiocarbonyl (C=S) groups is 1. The molecule has 2 aromatic carbocycles. The second-order valence-corrected chi connectivity index (χ2v) is 6.98. The summed E-state index contributed by atoms with van der Waals surface area (Å²) in [6.45, 7) is 1.92. The third-order valence-electron chi connectivity index (χ3n) is 3.54. The molecule has 0 bridgehead atoms. The van der Waals surface area contributed by atoms with E-state index in [2.05, 4.69) is 37.4 Å². The molecule has 0 atom stereocenters. The van der Waals surface area contributed by atoms with Crippen LogP contribution >= 0.6 is 28.1 Å². The average Bonchev–Trinajstić information content (AvgIpc) is 2.67. The van der Waals surface area contributed by atoms with Crippen molar-refractivity contribution in [2.24, 2.45) is 0 Å². The molecule has 0 heterocycles. The van der Waals surface area contributed by atoms with Crippen molar-refractivity contribution in [3.8, 4) is 0 Å². The number of rotatable bonds is 5. The van der Waals surface area contributed by atoms with Gasteiger partial charge in [0.15, 0.2) is 5.11 Å². The van der Waals surface area contributed by atoms with E-state index in [1.54, 1.807) is 48.5 Å². The Balaban J connectivity index is 1.84. The second-order valence-electron chi connectivity index (χ2n) is 5.72. The summed E-state index contributed by atoms with van der Waals surface area (Å²) in [4.78, 5) is 35.9. The van der Waals surface area contributed by atoms with Gasteiger partial charge in [0.05, 0.1) is 5.56 Å². The Morgan fingerprint density at radius 1 is 0.964 bits per heavy atom. The van der Waals surface area contributed by atoms with Crippen LogP contribution in [0.2, 0.25) is 0 Å². The van der Waals surface area contributed by atoms with Gasteiger partial charge >= 0.3 is 0 Å². The van der Waals surface area contributed by atoms with Crippen molar-refractivity contribution < 1.29 is 14.4 Å². The molecule has 4 N–H and O–H groups in total. The lowest BCUT2D eigenvalue weighted by molar-refractivity contribution is -0.116. The van der Waals surface area contributed by atoms with Gasteiger partial charge in [-0.3, -0.25) is 30.6 Å². The zero-order valence-electron chi connectivity index (χ0n) is 15.0. The smallest absolute Gasteiger partial charge is 0.269 e. The van der Waals surface area contributed by atoms with Crippen LogP contribution in [0.15, 0.2) is 53.0 Å². The Kier molecular flexibility index (Phi) is 8.09. The molecule has 0 aliphatic rings. The van der Waals surface area contributed by atoms with E-state index in [-0.39, 0.29) is 11.0 Å².